The van der Waals surface area contributed by atoms with Crippen molar-refractivity contribution in [2.24, 2.45) is 7.05 Å². The molecule has 1 N–H and O–H groups in total. The molecule has 27 heavy (non-hydrogen) atoms. The van der Waals surface area contributed by atoms with Crippen LogP contribution in [0.1, 0.15) is 21.9 Å². The van der Waals surface area contributed by atoms with Crippen molar-refractivity contribution in [2.45, 2.75) is 13.5 Å². The fraction of sp³-hybridized carbons (Fsp3) is 0.150. The Labute approximate surface area is 155 Å². The molecular formula is C20H18FN5O. The van der Waals surface area contributed by atoms with E-state index in [1.807, 2.05) is 35.9 Å². The molecule has 1 amide bonds. The summed E-state index contributed by atoms with van der Waals surface area (Å²) >= 11 is 0. The fourth-order valence-corrected chi connectivity index (χ4v) is 3.08. The van der Waals surface area contributed by atoms with E-state index in [1.54, 1.807) is 23.7 Å². The van der Waals surface area contributed by atoms with Gasteiger partial charge < -0.3 is 9.88 Å². The lowest BCUT2D eigenvalue weighted by Crippen LogP contribution is -2.24. The minimum atomic E-state index is -0.316. The van der Waals surface area contributed by atoms with Crippen LogP contribution in [-0.2, 0) is 13.6 Å². The Morgan fingerprint density at radius 1 is 1.15 bits per heavy atom. The molecule has 4 rings (SSSR count). The van der Waals surface area contributed by atoms with Gasteiger partial charge in [-0.2, -0.15) is 5.10 Å². The molecule has 7 heteroatoms. The lowest BCUT2D eigenvalue weighted by molar-refractivity contribution is 0.0949. The lowest BCUT2D eigenvalue weighted by atomic mass is 10.2. The van der Waals surface area contributed by atoms with E-state index in [-0.39, 0.29) is 11.7 Å². The Morgan fingerprint density at radius 3 is 2.63 bits per heavy atom. The van der Waals surface area contributed by atoms with Crippen LogP contribution >= 0.6 is 0 Å². The van der Waals surface area contributed by atoms with Gasteiger partial charge in [-0.05, 0) is 43.3 Å². The van der Waals surface area contributed by atoms with Crippen molar-refractivity contribution in [1.82, 2.24) is 24.6 Å². The molecule has 0 aliphatic carbocycles. The average molecular weight is 363 g/mol. The Hall–Kier alpha value is -3.48. The third kappa shape index (κ3) is 3.08. The van der Waals surface area contributed by atoms with E-state index in [2.05, 4.69) is 15.4 Å². The van der Waals surface area contributed by atoms with E-state index in [1.165, 1.54) is 18.3 Å². The molecule has 0 radical (unpaired) electrons. The number of carbonyl (C=O) groups is 1. The number of aryl methyl sites for hydroxylation is 1. The van der Waals surface area contributed by atoms with Gasteiger partial charge in [0, 0.05) is 7.05 Å². The monoisotopic (exact) mass is 363 g/mol. The number of aromatic nitrogens is 4. The summed E-state index contributed by atoms with van der Waals surface area (Å²) in [6, 6.07) is 13.8. The number of carbonyl (C=O) groups excluding carboxylic acids is 1. The zero-order valence-corrected chi connectivity index (χ0v) is 15.0. The van der Waals surface area contributed by atoms with Gasteiger partial charge in [-0.3, -0.25) is 4.79 Å². The van der Waals surface area contributed by atoms with E-state index in [0.717, 1.165) is 16.9 Å². The van der Waals surface area contributed by atoms with Gasteiger partial charge in [-0.15, -0.1) is 0 Å². The van der Waals surface area contributed by atoms with Gasteiger partial charge in [0.15, 0.2) is 0 Å². The average Bonchev–Trinajstić information content (AvgIpc) is 3.21. The normalized spacial score (nSPS) is 11.1. The van der Waals surface area contributed by atoms with Gasteiger partial charge in [0.1, 0.15) is 11.6 Å². The molecule has 2 aromatic heterocycles. The molecule has 0 unspecified atom stereocenters. The largest absolute Gasteiger partial charge is 0.345 e. The zero-order chi connectivity index (χ0) is 19.0. The second-order valence-corrected chi connectivity index (χ2v) is 6.29. The van der Waals surface area contributed by atoms with Gasteiger partial charge in [0.2, 0.25) is 0 Å². The molecule has 136 valence electrons. The summed E-state index contributed by atoms with van der Waals surface area (Å²) in [6.45, 7) is 2.12. The van der Waals surface area contributed by atoms with E-state index >= 15 is 0 Å². The van der Waals surface area contributed by atoms with Crippen molar-refractivity contribution >= 4 is 16.9 Å². The molecule has 4 aromatic rings. The Morgan fingerprint density at radius 2 is 1.89 bits per heavy atom. The molecule has 0 atom stereocenters. The topological polar surface area (TPSA) is 64.7 Å². The van der Waals surface area contributed by atoms with E-state index in [0.29, 0.717) is 23.5 Å². The molecule has 0 saturated carbocycles. The van der Waals surface area contributed by atoms with E-state index in [9.17, 15) is 9.18 Å². The summed E-state index contributed by atoms with van der Waals surface area (Å²) < 4.78 is 16.7. The van der Waals surface area contributed by atoms with Crippen LogP contribution in [0, 0.1) is 12.7 Å². The number of fused-ring (bicyclic) bond motifs is 1. The summed E-state index contributed by atoms with van der Waals surface area (Å²) in [4.78, 5) is 17.2. The summed E-state index contributed by atoms with van der Waals surface area (Å²) in [5.74, 6) is 0.227. The van der Waals surface area contributed by atoms with Crippen LogP contribution in [0.5, 0.6) is 0 Å². The smallest absolute Gasteiger partial charge is 0.255 e. The highest BCUT2D eigenvalue weighted by Crippen LogP contribution is 2.16. The minimum absolute atomic E-state index is 0.229. The van der Waals surface area contributed by atoms with Crippen LogP contribution in [0.15, 0.2) is 54.7 Å². The van der Waals surface area contributed by atoms with Crippen LogP contribution in [0.3, 0.4) is 0 Å². The number of hydrogen-bond acceptors (Lipinski definition) is 3. The number of hydrogen-bond donors (Lipinski definition) is 1. The number of nitrogens with zero attached hydrogens (tertiary/aromatic N) is 4. The summed E-state index contributed by atoms with van der Waals surface area (Å²) in [7, 11) is 1.93. The predicted molar refractivity (Wildman–Crippen MR) is 100 cm³/mol. The standard InChI is InChI=1S/C20H18FN5O/c1-13-16(11-23-26(13)15-9-7-14(21)8-10-15)20(27)22-12-19-24-17-5-3-4-6-18(17)25(19)2/h3-11H,12H2,1-2H3,(H,22,27). The zero-order valence-electron chi connectivity index (χ0n) is 15.0. The molecule has 6 nitrogen and oxygen atoms in total. The summed E-state index contributed by atoms with van der Waals surface area (Å²) in [5.41, 5.74) is 3.76. The molecule has 2 aromatic carbocycles. The van der Waals surface area contributed by atoms with Crippen molar-refractivity contribution in [3.8, 4) is 5.69 Å². The first-order chi connectivity index (χ1) is 13.0. The number of imidazole rings is 1. The maximum atomic E-state index is 13.1. The van der Waals surface area contributed by atoms with Crippen LogP contribution in [-0.4, -0.2) is 25.2 Å². The Kier molecular flexibility index (Phi) is 4.19. The van der Waals surface area contributed by atoms with Gasteiger partial charge in [-0.25, -0.2) is 14.1 Å². The SMILES string of the molecule is Cc1c(C(=O)NCc2nc3ccccc3n2C)cnn1-c1ccc(F)cc1. The Bertz CT molecular complexity index is 1130. The minimum Gasteiger partial charge on any atom is -0.345 e. The molecule has 0 aliphatic heterocycles. The highest BCUT2D eigenvalue weighted by Gasteiger charge is 2.16. The van der Waals surface area contributed by atoms with Gasteiger partial charge in [0.25, 0.3) is 5.91 Å². The quantitative estimate of drug-likeness (QED) is 0.606. The van der Waals surface area contributed by atoms with Crippen molar-refractivity contribution in [3.05, 3.63) is 77.6 Å². The number of halogens is 1. The number of rotatable bonds is 4. The first-order valence-electron chi connectivity index (χ1n) is 8.53. The van der Waals surface area contributed by atoms with Crippen molar-refractivity contribution in [1.29, 1.82) is 0 Å². The maximum absolute atomic E-state index is 13.1. The molecule has 2 heterocycles. The number of nitrogens with one attached hydrogen (secondary N) is 1. The van der Waals surface area contributed by atoms with Crippen molar-refractivity contribution in [3.63, 3.8) is 0 Å². The second-order valence-electron chi connectivity index (χ2n) is 6.29. The lowest BCUT2D eigenvalue weighted by Gasteiger charge is -2.07. The summed E-state index contributed by atoms with van der Waals surface area (Å²) in [5, 5.41) is 7.15. The van der Waals surface area contributed by atoms with Gasteiger partial charge >= 0.3 is 0 Å². The highest BCUT2D eigenvalue weighted by molar-refractivity contribution is 5.95. The maximum Gasteiger partial charge on any atom is 0.255 e. The number of benzene rings is 2. The molecule has 0 aliphatic rings. The molecule has 0 fully saturated rings. The summed E-state index contributed by atoms with van der Waals surface area (Å²) in [6.07, 6.45) is 1.52. The van der Waals surface area contributed by atoms with Crippen LogP contribution in [0.2, 0.25) is 0 Å². The van der Waals surface area contributed by atoms with Crippen molar-refractivity contribution in [2.75, 3.05) is 0 Å². The molecular weight excluding hydrogens is 345 g/mol. The predicted octanol–water partition coefficient (Wildman–Crippen LogP) is 3.14. The third-order valence-corrected chi connectivity index (χ3v) is 4.61. The van der Waals surface area contributed by atoms with Crippen molar-refractivity contribution < 1.29 is 9.18 Å². The highest BCUT2D eigenvalue weighted by atomic mass is 19.1. The van der Waals surface area contributed by atoms with Gasteiger partial charge in [-0.1, -0.05) is 12.1 Å². The van der Waals surface area contributed by atoms with Gasteiger partial charge in [0.05, 0.1) is 40.7 Å². The molecule has 0 saturated heterocycles. The van der Waals surface area contributed by atoms with E-state index in [4.69, 9.17) is 0 Å². The Balaban J connectivity index is 1.53. The first-order valence-corrected chi connectivity index (χ1v) is 8.53. The first kappa shape index (κ1) is 17.0. The van der Waals surface area contributed by atoms with Crippen LogP contribution in [0.4, 0.5) is 4.39 Å². The number of para-hydroxylation sites is 2. The fourth-order valence-electron chi connectivity index (χ4n) is 3.08. The molecule has 0 spiro atoms. The molecule has 0 bridgehead atoms. The van der Waals surface area contributed by atoms with Crippen LogP contribution in [0.25, 0.3) is 16.7 Å². The second kappa shape index (κ2) is 6.68. The third-order valence-electron chi connectivity index (χ3n) is 4.61. The number of amides is 1. The van der Waals surface area contributed by atoms with Crippen LogP contribution < -0.4 is 5.32 Å². The van der Waals surface area contributed by atoms with E-state index < -0.39 is 0 Å².